The fourth-order valence-corrected chi connectivity index (χ4v) is 4.25. The molecule has 0 saturated carbocycles. The SMILES string of the molecule is CCCCOc1ccc(C(=O)NNS(=O)(=O)c2ccc(Cl)s2)cc1OC. The summed E-state index contributed by atoms with van der Waals surface area (Å²) in [6.07, 6.45) is 1.90. The number of carbonyl (C=O) groups is 1. The van der Waals surface area contributed by atoms with Crippen LogP contribution < -0.4 is 19.7 Å². The summed E-state index contributed by atoms with van der Waals surface area (Å²) in [4.78, 5) is 14.2. The van der Waals surface area contributed by atoms with Crippen LogP contribution in [0.2, 0.25) is 4.34 Å². The first kappa shape index (κ1) is 20.5. The van der Waals surface area contributed by atoms with E-state index < -0.39 is 15.9 Å². The Morgan fingerprint density at radius 3 is 2.62 bits per heavy atom. The molecule has 0 aliphatic carbocycles. The number of benzene rings is 1. The molecule has 2 N–H and O–H groups in total. The lowest BCUT2D eigenvalue weighted by Gasteiger charge is -2.12. The number of carbonyl (C=O) groups excluding carboxylic acids is 1. The van der Waals surface area contributed by atoms with Crippen molar-refractivity contribution in [3.05, 3.63) is 40.2 Å². The van der Waals surface area contributed by atoms with Gasteiger partial charge in [0.25, 0.3) is 15.9 Å². The lowest BCUT2D eigenvalue weighted by Crippen LogP contribution is -2.41. The first-order chi connectivity index (χ1) is 12.4. The minimum Gasteiger partial charge on any atom is -0.493 e. The van der Waals surface area contributed by atoms with Gasteiger partial charge >= 0.3 is 0 Å². The Morgan fingerprint density at radius 2 is 2.00 bits per heavy atom. The predicted molar refractivity (Wildman–Crippen MR) is 101 cm³/mol. The van der Waals surface area contributed by atoms with Crippen LogP contribution in [0.5, 0.6) is 11.5 Å². The van der Waals surface area contributed by atoms with Crippen LogP contribution in [-0.2, 0) is 10.0 Å². The Labute approximate surface area is 161 Å². The first-order valence-corrected chi connectivity index (χ1v) is 10.4. The topological polar surface area (TPSA) is 93.7 Å². The van der Waals surface area contributed by atoms with Crippen LogP contribution in [0.4, 0.5) is 0 Å². The highest BCUT2D eigenvalue weighted by atomic mass is 35.5. The van der Waals surface area contributed by atoms with Crippen LogP contribution in [0.3, 0.4) is 0 Å². The molecule has 1 heterocycles. The summed E-state index contributed by atoms with van der Waals surface area (Å²) in [5.74, 6) is 0.280. The molecule has 7 nitrogen and oxygen atoms in total. The molecule has 10 heteroatoms. The van der Waals surface area contributed by atoms with E-state index in [9.17, 15) is 13.2 Å². The van der Waals surface area contributed by atoms with Crippen LogP contribution >= 0.6 is 22.9 Å². The number of ether oxygens (including phenoxy) is 2. The van der Waals surface area contributed by atoms with Crippen LogP contribution in [0.15, 0.2) is 34.5 Å². The molecule has 0 fully saturated rings. The maximum atomic E-state index is 12.2. The number of hydrogen-bond donors (Lipinski definition) is 2. The Balaban J connectivity index is 2.05. The van der Waals surface area contributed by atoms with E-state index in [4.69, 9.17) is 21.1 Å². The minimum atomic E-state index is -3.89. The molecule has 1 aromatic carbocycles. The first-order valence-electron chi connectivity index (χ1n) is 7.75. The predicted octanol–water partition coefficient (Wildman–Crippen LogP) is 3.21. The molecule has 26 heavy (non-hydrogen) atoms. The van der Waals surface area contributed by atoms with E-state index >= 15 is 0 Å². The number of rotatable bonds is 9. The van der Waals surface area contributed by atoms with Gasteiger partial charge in [0.2, 0.25) is 0 Å². The second-order valence-electron chi connectivity index (χ2n) is 5.19. The fourth-order valence-electron chi connectivity index (χ4n) is 1.93. The number of thiophene rings is 1. The summed E-state index contributed by atoms with van der Waals surface area (Å²) in [5, 5.41) is 0. The van der Waals surface area contributed by atoms with Gasteiger partial charge in [-0.25, -0.2) is 8.42 Å². The van der Waals surface area contributed by atoms with E-state index in [2.05, 4.69) is 12.3 Å². The van der Waals surface area contributed by atoms with Crippen molar-refractivity contribution in [1.29, 1.82) is 0 Å². The minimum absolute atomic E-state index is 0.0000487. The van der Waals surface area contributed by atoms with Crippen molar-refractivity contribution in [2.75, 3.05) is 13.7 Å². The van der Waals surface area contributed by atoms with Crippen molar-refractivity contribution in [1.82, 2.24) is 10.3 Å². The van der Waals surface area contributed by atoms with Crippen molar-refractivity contribution < 1.29 is 22.7 Å². The van der Waals surface area contributed by atoms with E-state index in [-0.39, 0.29) is 9.77 Å². The van der Waals surface area contributed by atoms with Crippen molar-refractivity contribution in [2.45, 2.75) is 24.0 Å². The molecule has 0 unspecified atom stereocenters. The zero-order chi connectivity index (χ0) is 19.2. The highest BCUT2D eigenvalue weighted by molar-refractivity contribution is 7.91. The summed E-state index contributed by atoms with van der Waals surface area (Å²) in [6, 6.07) is 7.43. The highest BCUT2D eigenvalue weighted by Gasteiger charge is 2.18. The smallest absolute Gasteiger partial charge is 0.266 e. The molecule has 1 aromatic heterocycles. The largest absolute Gasteiger partial charge is 0.493 e. The van der Waals surface area contributed by atoms with Gasteiger partial charge in [0, 0.05) is 5.56 Å². The quantitative estimate of drug-likeness (QED) is 0.481. The van der Waals surface area contributed by atoms with Crippen LogP contribution in [0.25, 0.3) is 0 Å². The van der Waals surface area contributed by atoms with Crippen molar-refractivity contribution in [3.8, 4) is 11.5 Å². The molecule has 0 atom stereocenters. The Kier molecular flexibility index (Phi) is 7.27. The number of methoxy groups -OCH3 is 1. The number of halogens is 1. The zero-order valence-electron chi connectivity index (χ0n) is 14.2. The van der Waals surface area contributed by atoms with Crippen LogP contribution in [0.1, 0.15) is 30.1 Å². The molecule has 0 aliphatic heterocycles. The molecule has 0 spiro atoms. The van der Waals surface area contributed by atoms with Gasteiger partial charge in [-0.2, -0.15) is 0 Å². The van der Waals surface area contributed by atoms with Gasteiger partial charge in [-0.1, -0.05) is 24.9 Å². The highest BCUT2D eigenvalue weighted by Crippen LogP contribution is 2.28. The van der Waals surface area contributed by atoms with Gasteiger partial charge in [0.1, 0.15) is 4.21 Å². The third kappa shape index (κ3) is 5.34. The molecule has 0 saturated heterocycles. The summed E-state index contributed by atoms with van der Waals surface area (Å²) >= 11 is 6.62. The third-order valence-electron chi connectivity index (χ3n) is 3.29. The zero-order valence-corrected chi connectivity index (χ0v) is 16.6. The molecular formula is C16H19ClN2O5S2. The summed E-state index contributed by atoms with van der Waals surface area (Å²) < 4.78 is 35.3. The molecule has 142 valence electrons. The lowest BCUT2D eigenvalue weighted by atomic mass is 10.2. The van der Waals surface area contributed by atoms with E-state index in [1.165, 1.54) is 31.4 Å². The van der Waals surface area contributed by atoms with Crippen molar-refractivity contribution >= 4 is 38.9 Å². The fraction of sp³-hybridized carbons (Fsp3) is 0.312. The number of amides is 1. The van der Waals surface area contributed by atoms with Crippen molar-refractivity contribution in [2.24, 2.45) is 0 Å². The Morgan fingerprint density at radius 1 is 1.23 bits per heavy atom. The van der Waals surface area contributed by atoms with Gasteiger partial charge in [-0.3, -0.25) is 10.2 Å². The summed E-state index contributed by atoms with van der Waals surface area (Å²) in [7, 11) is -2.42. The average molecular weight is 419 g/mol. The number of hydrogen-bond acceptors (Lipinski definition) is 6. The van der Waals surface area contributed by atoms with Crippen molar-refractivity contribution in [3.63, 3.8) is 0 Å². The normalized spacial score (nSPS) is 11.2. The summed E-state index contributed by atoms with van der Waals surface area (Å²) in [6.45, 7) is 2.60. The third-order valence-corrected chi connectivity index (χ3v) is 6.26. The Hall–Kier alpha value is -1.81. The maximum absolute atomic E-state index is 12.2. The molecule has 0 aliphatic rings. The van der Waals surface area contributed by atoms with Gasteiger partial charge in [-0.05, 0) is 36.8 Å². The van der Waals surface area contributed by atoms with Crippen LogP contribution in [0, 0.1) is 0 Å². The Bertz CT molecular complexity index is 867. The molecular weight excluding hydrogens is 400 g/mol. The van der Waals surface area contributed by atoms with Gasteiger partial charge in [0.15, 0.2) is 11.5 Å². The second-order valence-corrected chi connectivity index (χ2v) is 8.81. The lowest BCUT2D eigenvalue weighted by molar-refractivity contribution is 0.0944. The van der Waals surface area contributed by atoms with E-state index in [1.807, 2.05) is 4.83 Å². The van der Waals surface area contributed by atoms with Gasteiger partial charge in [0.05, 0.1) is 18.1 Å². The van der Waals surface area contributed by atoms with Gasteiger partial charge in [-0.15, -0.1) is 16.2 Å². The van der Waals surface area contributed by atoms with E-state index in [0.717, 1.165) is 24.2 Å². The number of nitrogens with one attached hydrogen (secondary N) is 2. The molecule has 0 radical (unpaired) electrons. The maximum Gasteiger partial charge on any atom is 0.266 e. The molecule has 0 bridgehead atoms. The average Bonchev–Trinajstić information content (AvgIpc) is 3.07. The molecule has 2 rings (SSSR count). The standard InChI is InChI=1S/C16H19ClN2O5S2/c1-3-4-9-24-12-6-5-11(10-13(12)23-2)16(20)18-19-26(21,22)15-8-7-14(17)25-15/h5-8,10,19H,3-4,9H2,1-2H3,(H,18,20). The number of sulfonamides is 1. The second kappa shape index (κ2) is 9.22. The van der Waals surface area contributed by atoms with Crippen LogP contribution in [-0.4, -0.2) is 28.0 Å². The van der Waals surface area contributed by atoms with Gasteiger partial charge < -0.3 is 9.47 Å². The van der Waals surface area contributed by atoms with E-state index in [0.29, 0.717) is 22.4 Å². The molecule has 2 aromatic rings. The number of hydrazine groups is 1. The van der Waals surface area contributed by atoms with E-state index in [1.54, 1.807) is 6.07 Å². The number of unbranched alkanes of at least 4 members (excludes halogenated alkanes) is 1. The monoisotopic (exact) mass is 418 g/mol. The molecule has 1 amide bonds. The summed E-state index contributed by atoms with van der Waals surface area (Å²) in [5.41, 5.74) is 2.38.